The maximum absolute atomic E-state index is 15.8. The van der Waals surface area contributed by atoms with Gasteiger partial charge in [-0.2, -0.15) is 0 Å². The van der Waals surface area contributed by atoms with Crippen LogP contribution in [0, 0.1) is 23.4 Å². The van der Waals surface area contributed by atoms with Crippen LogP contribution in [-0.2, 0) is 125 Å². The topological polar surface area (TPSA) is 519 Å². The van der Waals surface area contributed by atoms with Crippen molar-refractivity contribution in [2.75, 3.05) is 72.6 Å². The van der Waals surface area contributed by atoms with Crippen LogP contribution in [-0.4, -0.2) is 297 Å². The Balaban J connectivity index is 1.06. The smallest absolute Gasteiger partial charge is 0.293 e. The second kappa shape index (κ2) is 50.0. The number of nitrogens with one attached hydrogen (secondary N) is 10. The highest BCUT2D eigenvalue weighted by molar-refractivity contribution is 8.00. The fourth-order valence-corrected chi connectivity index (χ4v) is 17.6. The number of aromatic nitrogens is 1. The van der Waals surface area contributed by atoms with E-state index in [1.54, 1.807) is 105 Å². The van der Waals surface area contributed by atoms with Gasteiger partial charge in [-0.15, -0.1) is 11.8 Å². The van der Waals surface area contributed by atoms with Crippen molar-refractivity contribution in [1.82, 2.24) is 77.3 Å². The number of aliphatic hydroxyl groups is 1. The quantitative estimate of drug-likeness (QED) is 0.0285. The zero-order chi connectivity index (χ0) is 99.4. The number of phenolic OH excluding ortho intramolecular Hbond substituents is 2. The lowest BCUT2D eigenvalue weighted by atomic mass is 9.98. The van der Waals surface area contributed by atoms with Gasteiger partial charge in [0, 0.05) is 116 Å². The first-order valence-corrected chi connectivity index (χ1v) is 46.1. The van der Waals surface area contributed by atoms with Gasteiger partial charge in [-0.3, -0.25) is 76.7 Å². The van der Waals surface area contributed by atoms with E-state index in [1.165, 1.54) is 81.7 Å². The van der Waals surface area contributed by atoms with E-state index in [0.29, 0.717) is 75.5 Å². The van der Waals surface area contributed by atoms with Crippen molar-refractivity contribution in [3.8, 4) is 11.5 Å². The van der Waals surface area contributed by atoms with Gasteiger partial charge < -0.3 is 108 Å². The molecule has 0 aliphatic carbocycles. The standard InChI is InChI=1S/C96H117F3N16O21S/c1-8-9-25-76-95(133)114-36-18-26-75(114)89(127)108-73(50-136-53-116)88(126)110-83(54(2)3)96(134)112(5)77(43-55-19-12-10-13-20-55)90(128)107-72(41-58-29-33-62(118)34-30-58)93(131)115-49-63(119)46-78(115)91(129)106-70(45-60-47-101-67-24-17-16-23-64(60)67)87(125)105-69(40-57-27-31-61(117)32-28-57)86(124)104-68(35-37-135-7)85(123)109-74(84(122)102-48-80(100)120)51-137-52-81(121)103-71(42-59-38-65(97)82(99)66(98)39-59)92(130)113(6)79(94(132)111(76)4)44-56-21-14-11-15-22-56/h10-17,19-24,27-34,38-39,47,53-54,63,68-79,83,101,117-119H,8-9,18,25-26,35-37,40-46,48-52H2,1-7H3,(H2,100,120)(H,102,122)(H,103,121)(H,104,124)(H,105,125)(H,106,129)(H,107,128)(H,108,127)(H,109,123)(H,110,126)/t63-,68+,69+,70+,71+,72+,73+,74+,75-,76+,77+,78-,79+,83+/m1/s1. The molecular formula is C96H117F3N16O21S. The number of primary amides is 1. The number of nitrogens with two attached hydrogens (primary N) is 1. The Morgan fingerprint density at radius 3 is 1.67 bits per heavy atom. The maximum Gasteiger partial charge on any atom is 0.293 e. The third-order valence-electron chi connectivity index (χ3n) is 24.3. The van der Waals surface area contributed by atoms with Crippen molar-refractivity contribution in [1.29, 1.82) is 0 Å². The Morgan fingerprint density at radius 1 is 0.547 bits per heavy atom. The van der Waals surface area contributed by atoms with E-state index in [4.69, 9.17) is 15.2 Å². The van der Waals surface area contributed by atoms with E-state index >= 15 is 51.9 Å². The Morgan fingerprint density at radius 2 is 1.07 bits per heavy atom. The second-order valence-electron chi connectivity index (χ2n) is 34.5. The first kappa shape index (κ1) is 105. The van der Waals surface area contributed by atoms with Gasteiger partial charge in [0.05, 0.1) is 18.4 Å². The number of unbranched alkanes of at least 4 members (excludes halogenated alkanes) is 1. The maximum atomic E-state index is 15.8. The summed E-state index contributed by atoms with van der Waals surface area (Å²) in [6.45, 7) is 2.45. The van der Waals surface area contributed by atoms with E-state index in [1.807, 2.05) is 6.92 Å². The van der Waals surface area contributed by atoms with E-state index in [9.17, 15) is 53.3 Å². The fourth-order valence-electron chi connectivity index (χ4n) is 16.7. The molecule has 6 aromatic carbocycles. The van der Waals surface area contributed by atoms with Gasteiger partial charge in [0.15, 0.2) is 17.5 Å². The Hall–Kier alpha value is -14.0. The minimum absolute atomic E-state index is 0.00562. The molecule has 10 rings (SSSR count). The molecule has 4 heterocycles. The molecule has 3 aliphatic heterocycles. The molecule has 3 saturated heterocycles. The number of benzene rings is 6. The number of likely N-dealkylation sites (N-methyl/N-ethyl adjacent to an activating group) is 3. The summed E-state index contributed by atoms with van der Waals surface area (Å²) in [5.74, 6) is -22.6. The van der Waals surface area contributed by atoms with Crippen LogP contribution in [0.5, 0.6) is 11.5 Å². The molecule has 734 valence electrons. The molecule has 0 unspecified atom stereocenters. The summed E-state index contributed by atoms with van der Waals surface area (Å²) in [5, 5.41) is 56.7. The number of ether oxygens (including phenoxy) is 2. The van der Waals surface area contributed by atoms with Crippen molar-refractivity contribution in [3.63, 3.8) is 0 Å². The molecule has 0 saturated carbocycles. The van der Waals surface area contributed by atoms with E-state index < -0.39 is 247 Å². The first-order chi connectivity index (χ1) is 65.4. The normalized spacial score (nSPS) is 23.7. The average molecular weight is 1920 g/mol. The third kappa shape index (κ3) is 28.8. The van der Waals surface area contributed by atoms with Gasteiger partial charge in [0.2, 0.25) is 88.6 Å². The number of nitrogens with zero attached hydrogens (tertiary/aromatic N) is 5. The van der Waals surface area contributed by atoms with Crippen LogP contribution in [0.2, 0.25) is 0 Å². The summed E-state index contributed by atoms with van der Waals surface area (Å²) in [6.07, 6.45) is -2.17. The number of aromatic hydroxyl groups is 2. The summed E-state index contributed by atoms with van der Waals surface area (Å²) in [5.41, 5.74) is 7.74. The average Bonchev–Trinajstić information content (AvgIpc) is 1.77. The Labute approximate surface area is 793 Å². The molecule has 14 atom stereocenters. The van der Waals surface area contributed by atoms with Crippen molar-refractivity contribution >= 4 is 118 Å². The summed E-state index contributed by atoms with van der Waals surface area (Å²) in [4.78, 5) is 247. The number of phenols is 2. The van der Waals surface area contributed by atoms with Gasteiger partial charge in [0.1, 0.15) is 96.6 Å². The van der Waals surface area contributed by atoms with Gasteiger partial charge >= 0.3 is 0 Å². The summed E-state index contributed by atoms with van der Waals surface area (Å²) >= 11 is 0.651. The summed E-state index contributed by atoms with van der Waals surface area (Å²) < 4.78 is 55.6. The number of aliphatic hydroxyl groups excluding tert-OH is 1. The van der Waals surface area contributed by atoms with E-state index in [2.05, 4.69) is 52.8 Å². The third-order valence-corrected chi connectivity index (χ3v) is 25.3. The Kier molecular flexibility index (Phi) is 38.4. The van der Waals surface area contributed by atoms with Gasteiger partial charge in [-0.1, -0.05) is 137 Å². The minimum atomic E-state index is -1.88. The predicted octanol–water partition coefficient (Wildman–Crippen LogP) is 1.47. The molecule has 3 aliphatic rings. The van der Waals surface area contributed by atoms with Crippen LogP contribution < -0.4 is 53.6 Å². The number of rotatable bonds is 25. The molecular weight excluding hydrogens is 1800 g/mol. The minimum Gasteiger partial charge on any atom is -0.508 e. The van der Waals surface area contributed by atoms with Crippen molar-refractivity contribution < 1.29 is 115 Å². The molecule has 137 heavy (non-hydrogen) atoms. The van der Waals surface area contributed by atoms with Gasteiger partial charge in [-0.05, 0) is 107 Å². The van der Waals surface area contributed by atoms with Crippen LogP contribution in [0.25, 0.3) is 10.9 Å². The Bertz CT molecular complexity index is 5430. The van der Waals surface area contributed by atoms with Crippen LogP contribution in [0.15, 0.2) is 152 Å². The predicted molar refractivity (Wildman–Crippen MR) is 494 cm³/mol. The number of fused-ring (bicyclic) bond motifs is 3. The number of carbonyl (C=O) groups excluding carboxylic acids is 16. The highest BCUT2D eigenvalue weighted by Gasteiger charge is 2.47. The molecule has 0 radical (unpaired) electrons. The van der Waals surface area contributed by atoms with Gasteiger partial charge in [-0.25, -0.2) is 13.2 Å². The highest BCUT2D eigenvalue weighted by Crippen LogP contribution is 2.29. The van der Waals surface area contributed by atoms with Crippen LogP contribution in [0.1, 0.15) is 99.1 Å². The molecule has 7 aromatic rings. The molecule has 37 nitrogen and oxygen atoms in total. The number of H-pyrrole nitrogens is 1. The van der Waals surface area contributed by atoms with Crippen molar-refractivity contribution in [3.05, 3.63) is 203 Å². The number of aromatic amines is 1. The molecule has 15 N–H and O–H groups in total. The monoisotopic (exact) mass is 1920 g/mol. The zero-order valence-electron chi connectivity index (χ0n) is 76.9. The number of hydrogen-bond donors (Lipinski definition) is 14. The number of hydrogen-bond acceptors (Lipinski definition) is 22. The molecule has 15 amide bonds. The SMILES string of the molecule is CCCC[C@H]1C(=O)N2CCC[C@@H]2C(=O)N[C@@H](COC=O)C(=O)N[C@@H](C(C)C)C(=O)N(C)[C@@H](Cc2ccccc2)C(=O)N[C@@H](Cc2ccc(O)cc2)C(=O)N2C[C@H](O)C[C@@H]2C(=O)N[C@@H](Cc2c[nH]c3ccccc23)C(=O)N[C@@H](Cc2ccc(O)cc2)C(=O)N[C@@H](CCOC)C(=O)N[C@H](C(=O)NCC(N)=O)CSCC(=O)N[C@@H](Cc2cc(F)c(F)c(F)c2)C(=O)N(C)[C@@H](Cc2ccccc2)C(=O)N1C. The molecule has 0 spiro atoms. The van der Waals surface area contributed by atoms with E-state index in [-0.39, 0.29) is 88.1 Å². The largest absolute Gasteiger partial charge is 0.508 e. The van der Waals surface area contributed by atoms with Crippen LogP contribution in [0.4, 0.5) is 13.2 Å². The number of amides is 15. The zero-order valence-corrected chi connectivity index (χ0v) is 77.7. The van der Waals surface area contributed by atoms with Gasteiger partial charge in [0.25, 0.3) is 6.47 Å². The number of thioether (sulfide) groups is 1. The number of halogens is 3. The fraction of sp³-hybridized carbons (Fsp3) is 0.438. The summed E-state index contributed by atoms with van der Waals surface area (Å²) in [6, 6.07) is 14.4. The lowest BCUT2D eigenvalue weighted by Gasteiger charge is -2.38. The number of methoxy groups -OCH3 is 1. The highest BCUT2D eigenvalue weighted by atomic mass is 32.2. The lowest BCUT2D eigenvalue weighted by Crippen LogP contribution is -2.62. The van der Waals surface area contributed by atoms with Crippen molar-refractivity contribution in [2.24, 2.45) is 11.7 Å². The lowest BCUT2D eigenvalue weighted by molar-refractivity contribution is -0.152. The molecule has 1 aromatic heterocycles. The number of para-hydroxylation sites is 1. The second-order valence-corrected chi connectivity index (χ2v) is 35.5. The molecule has 3 fully saturated rings. The first-order valence-electron chi connectivity index (χ1n) is 45.0. The van der Waals surface area contributed by atoms with E-state index in [0.717, 1.165) is 19.6 Å². The number of carbonyl (C=O) groups is 16. The van der Waals surface area contributed by atoms with Crippen LogP contribution in [0.3, 0.4) is 0 Å². The van der Waals surface area contributed by atoms with Crippen LogP contribution >= 0.6 is 11.8 Å². The van der Waals surface area contributed by atoms with Crippen molar-refractivity contribution in [2.45, 2.75) is 189 Å². The molecule has 41 heteroatoms. The molecule has 0 bridgehead atoms. The summed E-state index contributed by atoms with van der Waals surface area (Å²) in [7, 11) is 5.05.